The summed E-state index contributed by atoms with van der Waals surface area (Å²) in [6, 6.07) is 2.61. The highest BCUT2D eigenvalue weighted by molar-refractivity contribution is 7.90. The molecule has 1 aromatic rings. The normalized spacial score (nSPS) is 12.4. The molecule has 5 nitrogen and oxygen atoms in total. The zero-order valence-corrected chi connectivity index (χ0v) is 11.5. The number of carboxylic acid groups (broad SMARTS) is 1. The molecule has 1 aromatic carbocycles. The summed E-state index contributed by atoms with van der Waals surface area (Å²) in [6.45, 7) is 5.49. The first-order chi connectivity index (χ1) is 7.94. The van der Waals surface area contributed by atoms with Crippen molar-refractivity contribution in [1.82, 2.24) is 0 Å². The summed E-state index contributed by atoms with van der Waals surface area (Å²) in [5.41, 5.74) is -0.280. The van der Waals surface area contributed by atoms with Gasteiger partial charge in [0.25, 0.3) is 0 Å². The summed E-state index contributed by atoms with van der Waals surface area (Å²) in [6.07, 6.45) is 0.931. The van der Waals surface area contributed by atoms with Gasteiger partial charge in [-0.15, -0.1) is 0 Å². The average Bonchev–Trinajstić information content (AvgIpc) is 2.13. The van der Waals surface area contributed by atoms with E-state index in [4.69, 9.17) is 5.11 Å². The molecule has 100 valence electrons. The van der Waals surface area contributed by atoms with Gasteiger partial charge in [-0.2, -0.15) is 0 Å². The first-order valence-corrected chi connectivity index (χ1v) is 7.14. The Morgan fingerprint density at radius 2 is 1.72 bits per heavy atom. The Labute approximate surface area is 106 Å². The van der Waals surface area contributed by atoms with Gasteiger partial charge < -0.3 is 10.2 Å². The fourth-order valence-corrected chi connectivity index (χ4v) is 2.29. The molecular weight excluding hydrogens is 256 g/mol. The summed E-state index contributed by atoms with van der Waals surface area (Å²) in [5, 5.41) is 18.7. The maximum absolute atomic E-state index is 11.6. The molecule has 0 aromatic heterocycles. The molecule has 0 aliphatic heterocycles. The monoisotopic (exact) mass is 272 g/mol. The number of sulfone groups is 1. The molecule has 0 saturated carbocycles. The van der Waals surface area contributed by atoms with Crippen molar-refractivity contribution >= 4 is 15.8 Å². The van der Waals surface area contributed by atoms with Crippen LogP contribution in [0.5, 0.6) is 5.75 Å². The van der Waals surface area contributed by atoms with E-state index >= 15 is 0 Å². The Bertz CT molecular complexity index is 594. The molecule has 0 heterocycles. The van der Waals surface area contributed by atoms with Crippen molar-refractivity contribution in [2.24, 2.45) is 0 Å². The highest BCUT2D eigenvalue weighted by Gasteiger charge is 2.25. The molecule has 0 unspecified atom stereocenters. The maximum atomic E-state index is 11.6. The maximum Gasteiger partial charge on any atom is 0.339 e. The minimum absolute atomic E-state index is 0.354. The van der Waals surface area contributed by atoms with Gasteiger partial charge in [-0.1, -0.05) is 20.8 Å². The molecule has 6 heteroatoms. The van der Waals surface area contributed by atoms with Crippen LogP contribution in [0.25, 0.3) is 0 Å². The van der Waals surface area contributed by atoms with E-state index in [0.29, 0.717) is 5.56 Å². The van der Waals surface area contributed by atoms with E-state index in [9.17, 15) is 18.3 Å². The van der Waals surface area contributed by atoms with Gasteiger partial charge in [0.1, 0.15) is 16.2 Å². The number of carbonyl (C=O) groups is 1. The lowest BCUT2D eigenvalue weighted by Gasteiger charge is -2.21. The van der Waals surface area contributed by atoms with Gasteiger partial charge in [0.05, 0.1) is 0 Å². The second kappa shape index (κ2) is 4.28. The largest absolute Gasteiger partial charge is 0.506 e. The lowest BCUT2D eigenvalue weighted by Crippen LogP contribution is -2.14. The van der Waals surface area contributed by atoms with Gasteiger partial charge >= 0.3 is 5.97 Å². The van der Waals surface area contributed by atoms with E-state index in [1.807, 2.05) is 20.8 Å². The third-order valence-electron chi connectivity index (χ3n) is 2.57. The summed E-state index contributed by atoms with van der Waals surface area (Å²) in [5.74, 6) is -2.07. The summed E-state index contributed by atoms with van der Waals surface area (Å²) >= 11 is 0. The predicted molar refractivity (Wildman–Crippen MR) is 66.9 cm³/mol. The topological polar surface area (TPSA) is 91.7 Å². The van der Waals surface area contributed by atoms with Crippen LogP contribution in [0.15, 0.2) is 17.0 Å². The van der Waals surface area contributed by atoms with Gasteiger partial charge in [-0.05, 0) is 23.1 Å². The lowest BCUT2D eigenvalue weighted by atomic mass is 9.86. The quantitative estimate of drug-likeness (QED) is 0.856. The van der Waals surface area contributed by atoms with Crippen molar-refractivity contribution in [3.63, 3.8) is 0 Å². The first kappa shape index (κ1) is 14.5. The number of rotatable bonds is 2. The highest BCUT2D eigenvalue weighted by atomic mass is 32.2. The van der Waals surface area contributed by atoms with Gasteiger partial charge in [0, 0.05) is 6.26 Å². The molecule has 18 heavy (non-hydrogen) atoms. The van der Waals surface area contributed by atoms with Gasteiger partial charge in [-0.3, -0.25) is 0 Å². The number of hydrogen-bond acceptors (Lipinski definition) is 4. The summed E-state index contributed by atoms with van der Waals surface area (Å²) in [4.78, 5) is 10.7. The molecule has 0 spiro atoms. The van der Waals surface area contributed by atoms with Crippen LogP contribution >= 0.6 is 0 Å². The van der Waals surface area contributed by atoms with E-state index < -0.39 is 32.5 Å². The Balaban J connectivity index is 3.74. The van der Waals surface area contributed by atoms with Crippen LogP contribution in [0.3, 0.4) is 0 Å². The average molecular weight is 272 g/mol. The molecule has 0 bridgehead atoms. The van der Waals surface area contributed by atoms with Crippen LogP contribution in [-0.2, 0) is 15.3 Å². The second-order valence-corrected chi connectivity index (χ2v) is 7.18. The molecular formula is C12H16O5S. The zero-order chi connectivity index (χ0) is 14.3. The fourth-order valence-electron chi connectivity index (χ4n) is 1.49. The van der Waals surface area contributed by atoms with Crippen molar-refractivity contribution in [2.75, 3.05) is 6.26 Å². The number of aromatic carboxylic acids is 1. The first-order valence-electron chi connectivity index (χ1n) is 5.25. The van der Waals surface area contributed by atoms with Gasteiger partial charge in [0.2, 0.25) is 0 Å². The standard InChI is InChI=1S/C12H16O5S/c1-12(2,3)7-5-8(11(14)15)10(13)9(6-7)18(4,16)17/h5-6,13H,1-4H3,(H,14,15). The number of carboxylic acids is 1. The molecule has 0 radical (unpaired) electrons. The Kier molecular flexibility index (Phi) is 3.44. The molecule has 0 atom stereocenters. The molecule has 0 amide bonds. The van der Waals surface area contributed by atoms with Crippen molar-refractivity contribution < 1.29 is 23.4 Å². The van der Waals surface area contributed by atoms with Crippen molar-refractivity contribution in [2.45, 2.75) is 31.1 Å². The van der Waals surface area contributed by atoms with Crippen LogP contribution in [0.1, 0.15) is 36.7 Å². The third kappa shape index (κ3) is 2.81. The minimum Gasteiger partial charge on any atom is -0.506 e. The van der Waals surface area contributed by atoms with Crippen LogP contribution < -0.4 is 0 Å². The molecule has 0 aliphatic carbocycles. The Hall–Kier alpha value is -1.56. The van der Waals surface area contributed by atoms with E-state index in [2.05, 4.69) is 0 Å². The summed E-state index contributed by atoms with van der Waals surface area (Å²) in [7, 11) is -3.69. The molecule has 0 aliphatic rings. The lowest BCUT2D eigenvalue weighted by molar-refractivity contribution is 0.0693. The SMILES string of the molecule is CC(C)(C)c1cc(C(=O)O)c(O)c(S(C)(=O)=O)c1. The molecule has 0 saturated heterocycles. The van der Waals surface area contributed by atoms with E-state index in [1.165, 1.54) is 12.1 Å². The van der Waals surface area contributed by atoms with Gasteiger partial charge in [-0.25, -0.2) is 13.2 Å². The fraction of sp³-hybridized carbons (Fsp3) is 0.417. The highest BCUT2D eigenvalue weighted by Crippen LogP contribution is 2.33. The number of phenols is 1. The van der Waals surface area contributed by atoms with E-state index in [0.717, 1.165) is 6.26 Å². The van der Waals surface area contributed by atoms with Crippen LogP contribution in [0.2, 0.25) is 0 Å². The minimum atomic E-state index is -3.69. The smallest absolute Gasteiger partial charge is 0.339 e. The van der Waals surface area contributed by atoms with E-state index in [1.54, 1.807) is 0 Å². The van der Waals surface area contributed by atoms with Crippen molar-refractivity contribution in [3.05, 3.63) is 23.3 Å². The molecule has 1 rings (SSSR count). The second-order valence-electron chi connectivity index (χ2n) is 5.20. The van der Waals surface area contributed by atoms with Crippen molar-refractivity contribution in [3.8, 4) is 5.75 Å². The summed E-state index contributed by atoms with van der Waals surface area (Å²) < 4.78 is 23.1. The predicted octanol–water partition coefficient (Wildman–Crippen LogP) is 1.79. The number of hydrogen-bond donors (Lipinski definition) is 2. The van der Waals surface area contributed by atoms with Crippen molar-refractivity contribution in [1.29, 1.82) is 0 Å². The Morgan fingerprint density at radius 1 is 1.22 bits per heavy atom. The van der Waals surface area contributed by atoms with Gasteiger partial charge in [0.15, 0.2) is 9.84 Å². The molecule has 2 N–H and O–H groups in total. The number of benzene rings is 1. The zero-order valence-electron chi connectivity index (χ0n) is 10.7. The Morgan fingerprint density at radius 3 is 2.06 bits per heavy atom. The number of aromatic hydroxyl groups is 1. The van der Waals surface area contributed by atoms with Crippen LogP contribution in [-0.4, -0.2) is 30.9 Å². The van der Waals surface area contributed by atoms with Crippen LogP contribution in [0.4, 0.5) is 0 Å². The molecule has 0 fully saturated rings. The van der Waals surface area contributed by atoms with Crippen LogP contribution in [0, 0.1) is 0 Å². The van der Waals surface area contributed by atoms with E-state index in [-0.39, 0.29) is 4.90 Å². The third-order valence-corrected chi connectivity index (χ3v) is 3.68.